The maximum absolute atomic E-state index is 13.6. The van der Waals surface area contributed by atoms with Crippen LogP contribution in [0.5, 0.6) is 0 Å². The molecule has 4 rings (SSSR count). The van der Waals surface area contributed by atoms with Crippen molar-refractivity contribution in [2.24, 2.45) is 7.05 Å². The zero-order chi connectivity index (χ0) is 17.6. The predicted molar refractivity (Wildman–Crippen MR) is 93.9 cm³/mol. The van der Waals surface area contributed by atoms with Gasteiger partial charge >= 0.3 is 0 Å². The van der Waals surface area contributed by atoms with Crippen molar-refractivity contribution in [2.75, 3.05) is 0 Å². The summed E-state index contributed by atoms with van der Waals surface area (Å²) in [6.45, 7) is 0. The number of rotatable bonds is 2. The number of aryl methyl sites for hydroxylation is 2. The summed E-state index contributed by atoms with van der Waals surface area (Å²) in [5.41, 5.74) is 3.28. The highest BCUT2D eigenvalue weighted by atomic mass is 19.1. The van der Waals surface area contributed by atoms with E-state index in [4.69, 9.17) is 0 Å². The molecule has 0 spiro atoms. The molecule has 1 aliphatic carbocycles. The number of hydrogen-bond acceptors (Lipinski definition) is 2. The second kappa shape index (κ2) is 6.01. The van der Waals surface area contributed by atoms with Crippen molar-refractivity contribution in [1.82, 2.24) is 9.88 Å². The average Bonchev–Trinajstić information content (AvgIpc) is 2.93. The highest BCUT2D eigenvalue weighted by Crippen LogP contribution is 2.31. The Kier molecular flexibility index (Phi) is 3.81. The van der Waals surface area contributed by atoms with Crippen molar-refractivity contribution in [1.29, 1.82) is 0 Å². The van der Waals surface area contributed by atoms with Crippen molar-refractivity contribution in [3.8, 4) is 0 Å². The lowest BCUT2D eigenvalue weighted by Crippen LogP contribution is -2.39. The Bertz CT molecular complexity index is 963. The molecule has 1 aromatic heterocycles. The Morgan fingerprint density at radius 1 is 1.28 bits per heavy atom. The van der Waals surface area contributed by atoms with E-state index in [1.165, 1.54) is 12.1 Å². The van der Waals surface area contributed by atoms with E-state index in [0.717, 1.165) is 23.1 Å². The SMILES string of the molecule is Cn1cc(C(=O)N[C@@H]2c3ccccc3CC[C@@H]2O)c2cc(F)ccc21. The third-order valence-corrected chi connectivity index (χ3v) is 4.97. The van der Waals surface area contributed by atoms with Crippen molar-refractivity contribution >= 4 is 16.8 Å². The fraction of sp³-hybridized carbons (Fsp3) is 0.250. The quantitative estimate of drug-likeness (QED) is 0.754. The van der Waals surface area contributed by atoms with Gasteiger partial charge in [0.25, 0.3) is 5.91 Å². The lowest BCUT2D eigenvalue weighted by Gasteiger charge is -2.31. The number of amides is 1. The molecule has 1 heterocycles. The lowest BCUT2D eigenvalue weighted by molar-refractivity contribution is 0.0793. The van der Waals surface area contributed by atoms with Crippen molar-refractivity contribution in [3.63, 3.8) is 0 Å². The fourth-order valence-electron chi connectivity index (χ4n) is 3.68. The van der Waals surface area contributed by atoms with E-state index in [1.807, 2.05) is 31.3 Å². The zero-order valence-electron chi connectivity index (χ0n) is 13.9. The van der Waals surface area contributed by atoms with E-state index in [9.17, 15) is 14.3 Å². The van der Waals surface area contributed by atoms with Gasteiger partial charge in [0.2, 0.25) is 0 Å². The Balaban J connectivity index is 1.70. The standard InChI is InChI=1S/C20H19FN2O2/c1-23-11-16(15-10-13(21)7-8-17(15)23)20(25)22-19-14-5-3-2-4-12(14)6-9-18(19)24/h2-5,7-8,10-11,18-19,24H,6,9H2,1H3,(H,22,25)/t18-,19+/m0/s1. The maximum Gasteiger partial charge on any atom is 0.254 e. The van der Waals surface area contributed by atoms with Gasteiger partial charge in [0.1, 0.15) is 5.82 Å². The van der Waals surface area contributed by atoms with Gasteiger partial charge in [0.05, 0.1) is 17.7 Å². The predicted octanol–water partition coefficient (Wildman–Crippen LogP) is 3.10. The molecule has 25 heavy (non-hydrogen) atoms. The molecule has 0 bridgehead atoms. The molecule has 0 unspecified atom stereocenters. The van der Waals surface area contributed by atoms with Gasteiger partial charge < -0.3 is 15.0 Å². The van der Waals surface area contributed by atoms with Crippen LogP contribution in [0.1, 0.15) is 33.9 Å². The highest BCUT2D eigenvalue weighted by molar-refractivity contribution is 6.07. The van der Waals surface area contributed by atoms with Crippen molar-refractivity contribution in [2.45, 2.75) is 25.0 Å². The summed E-state index contributed by atoms with van der Waals surface area (Å²) in [6.07, 6.45) is 2.46. The minimum atomic E-state index is -0.634. The van der Waals surface area contributed by atoms with E-state index in [1.54, 1.807) is 16.8 Å². The Hall–Kier alpha value is -2.66. The molecular formula is C20H19FN2O2. The van der Waals surface area contributed by atoms with Crippen LogP contribution in [-0.4, -0.2) is 21.7 Å². The molecular weight excluding hydrogens is 319 g/mol. The van der Waals surface area contributed by atoms with Gasteiger partial charge in [-0.1, -0.05) is 24.3 Å². The van der Waals surface area contributed by atoms with Crippen molar-refractivity contribution in [3.05, 3.63) is 71.2 Å². The normalized spacial score (nSPS) is 19.6. The summed E-state index contributed by atoms with van der Waals surface area (Å²) in [4.78, 5) is 12.8. The van der Waals surface area contributed by atoms with Crippen LogP contribution in [0, 0.1) is 5.82 Å². The van der Waals surface area contributed by atoms with E-state index < -0.39 is 12.1 Å². The van der Waals surface area contributed by atoms with Crippen LogP contribution < -0.4 is 5.32 Å². The topological polar surface area (TPSA) is 54.3 Å². The minimum absolute atomic E-state index is 0.308. The number of nitrogens with zero attached hydrogens (tertiary/aromatic N) is 1. The van der Waals surface area contributed by atoms with Gasteiger partial charge in [-0.15, -0.1) is 0 Å². The fourth-order valence-corrected chi connectivity index (χ4v) is 3.68. The van der Waals surface area contributed by atoms with Crippen LogP contribution in [0.15, 0.2) is 48.7 Å². The first-order chi connectivity index (χ1) is 12.0. The van der Waals surface area contributed by atoms with Gasteiger partial charge in [-0.3, -0.25) is 4.79 Å². The third-order valence-electron chi connectivity index (χ3n) is 4.97. The van der Waals surface area contributed by atoms with Crippen molar-refractivity contribution < 1.29 is 14.3 Å². The van der Waals surface area contributed by atoms with Crippen LogP contribution in [0.2, 0.25) is 0 Å². The van der Waals surface area contributed by atoms with Crippen LogP contribution >= 0.6 is 0 Å². The minimum Gasteiger partial charge on any atom is -0.391 e. The molecule has 5 heteroatoms. The zero-order valence-corrected chi connectivity index (χ0v) is 13.9. The summed E-state index contributed by atoms with van der Waals surface area (Å²) >= 11 is 0. The highest BCUT2D eigenvalue weighted by Gasteiger charge is 2.30. The summed E-state index contributed by atoms with van der Waals surface area (Å²) in [6, 6.07) is 11.8. The summed E-state index contributed by atoms with van der Waals surface area (Å²) in [5.74, 6) is -0.687. The number of carbonyl (C=O) groups excluding carboxylic acids is 1. The third kappa shape index (κ3) is 2.70. The number of nitrogens with one attached hydrogen (secondary N) is 1. The number of aromatic nitrogens is 1. The van der Waals surface area contributed by atoms with E-state index in [2.05, 4.69) is 5.32 Å². The number of halogens is 1. The van der Waals surface area contributed by atoms with E-state index in [-0.39, 0.29) is 11.7 Å². The van der Waals surface area contributed by atoms with Gasteiger partial charge in [-0.05, 0) is 42.2 Å². The first-order valence-corrected chi connectivity index (χ1v) is 8.36. The summed E-state index contributed by atoms with van der Waals surface area (Å²) in [7, 11) is 1.82. The van der Waals surface area contributed by atoms with Gasteiger partial charge in [0.15, 0.2) is 0 Å². The molecule has 0 fully saturated rings. The molecule has 2 aromatic carbocycles. The summed E-state index contributed by atoms with van der Waals surface area (Å²) in [5, 5.41) is 13.9. The van der Waals surface area contributed by atoms with Gasteiger partial charge in [0, 0.05) is 24.1 Å². The van der Waals surface area contributed by atoms with Gasteiger partial charge in [-0.2, -0.15) is 0 Å². The number of benzene rings is 2. The summed E-state index contributed by atoms with van der Waals surface area (Å²) < 4.78 is 15.4. The number of carbonyl (C=O) groups is 1. The first-order valence-electron chi connectivity index (χ1n) is 8.36. The molecule has 2 N–H and O–H groups in total. The van der Waals surface area contributed by atoms with E-state index in [0.29, 0.717) is 17.4 Å². The molecule has 2 atom stereocenters. The van der Waals surface area contributed by atoms with E-state index >= 15 is 0 Å². The monoisotopic (exact) mass is 338 g/mol. The van der Waals surface area contributed by atoms with Crippen LogP contribution in [-0.2, 0) is 13.5 Å². The number of aliphatic hydroxyl groups excluding tert-OH is 1. The van der Waals surface area contributed by atoms with Gasteiger partial charge in [-0.25, -0.2) is 4.39 Å². The smallest absolute Gasteiger partial charge is 0.254 e. The second-order valence-corrected chi connectivity index (χ2v) is 6.57. The molecule has 1 amide bonds. The molecule has 0 radical (unpaired) electrons. The molecule has 3 aromatic rings. The average molecular weight is 338 g/mol. The van der Waals surface area contributed by atoms with Crippen LogP contribution in [0.3, 0.4) is 0 Å². The Morgan fingerprint density at radius 3 is 2.92 bits per heavy atom. The molecule has 0 aliphatic heterocycles. The Labute approximate surface area is 144 Å². The molecule has 1 aliphatic rings. The largest absolute Gasteiger partial charge is 0.391 e. The maximum atomic E-state index is 13.6. The molecule has 0 saturated heterocycles. The molecule has 128 valence electrons. The Morgan fingerprint density at radius 2 is 2.08 bits per heavy atom. The van der Waals surface area contributed by atoms with Crippen LogP contribution in [0.4, 0.5) is 4.39 Å². The molecule has 0 saturated carbocycles. The number of fused-ring (bicyclic) bond motifs is 2. The molecule has 4 nitrogen and oxygen atoms in total. The number of aliphatic hydroxyl groups is 1. The second-order valence-electron chi connectivity index (χ2n) is 6.57. The first kappa shape index (κ1) is 15.8. The lowest BCUT2D eigenvalue weighted by atomic mass is 9.85. The van der Waals surface area contributed by atoms with Crippen LogP contribution in [0.25, 0.3) is 10.9 Å². The number of hydrogen-bond donors (Lipinski definition) is 2.